The van der Waals surface area contributed by atoms with Crippen molar-refractivity contribution in [1.82, 2.24) is 19.7 Å². The zero-order valence-electron chi connectivity index (χ0n) is 16.8. The van der Waals surface area contributed by atoms with Crippen LogP contribution in [0.4, 0.5) is 0 Å². The molecule has 0 unspecified atom stereocenters. The molecular weight excluding hydrogens is 348 g/mol. The second kappa shape index (κ2) is 7.88. The van der Waals surface area contributed by atoms with Crippen molar-refractivity contribution in [2.24, 2.45) is 0 Å². The number of hydrogen-bond donors (Lipinski definition) is 1. The number of carbonyl (C=O) groups excluding carboxylic acids is 1. The Balaban J connectivity index is 1.09. The van der Waals surface area contributed by atoms with Crippen LogP contribution in [0.1, 0.15) is 37.7 Å². The Hall–Kier alpha value is -1.85. The smallest absolute Gasteiger partial charge is 0.227 e. The molecule has 28 heavy (non-hydrogen) atoms. The van der Waals surface area contributed by atoms with Crippen LogP contribution in [-0.4, -0.2) is 76.9 Å². The van der Waals surface area contributed by atoms with Crippen molar-refractivity contribution in [1.29, 1.82) is 0 Å². The van der Waals surface area contributed by atoms with Crippen LogP contribution >= 0.6 is 0 Å². The van der Waals surface area contributed by atoms with Gasteiger partial charge in [0, 0.05) is 68.5 Å². The molecule has 5 heteroatoms. The molecular formula is C23H32N4O. The number of carbonyl (C=O) groups is 1. The molecule has 0 spiro atoms. The van der Waals surface area contributed by atoms with Crippen molar-refractivity contribution in [3.63, 3.8) is 0 Å². The number of H-pyrrole nitrogens is 1. The Morgan fingerprint density at radius 3 is 2.36 bits per heavy atom. The number of fused-ring (bicyclic) bond motifs is 1. The summed E-state index contributed by atoms with van der Waals surface area (Å²) < 4.78 is 0. The first-order valence-electron chi connectivity index (χ1n) is 11.1. The van der Waals surface area contributed by atoms with E-state index in [1.165, 1.54) is 63.7 Å². The summed E-state index contributed by atoms with van der Waals surface area (Å²) in [6.07, 6.45) is 9.57. The van der Waals surface area contributed by atoms with E-state index >= 15 is 0 Å². The Morgan fingerprint density at radius 1 is 0.929 bits per heavy atom. The fraction of sp³-hybridized carbons (Fsp3) is 0.609. The normalized spacial score (nSPS) is 23.2. The standard InChI is InChI=1S/C23H32N4O/c28-23(14-18-15-24-22-9-5-4-8-21(18)22)27-16-20(17-27)26-12-10-25(11-13-26)19-6-2-1-3-7-19/h4-5,8-9,15,19-20,24H,1-3,6-7,10-14,16-17H2. The predicted molar refractivity (Wildman–Crippen MR) is 112 cm³/mol. The maximum Gasteiger partial charge on any atom is 0.227 e. The second-order valence-corrected chi connectivity index (χ2v) is 8.85. The van der Waals surface area contributed by atoms with Gasteiger partial charge in [-0.2, -0.15) is 0 Å². The minimum atomic E-state index is 0.266. The fourth-order valence-corrected chi connectivity index (χ4v) is 5.36. The molecule has 1 amide bonds. The molecule has 3 aliphatic rings. The molecule has 150 valence electrons. The molecule has 3 heterocycles. The summed E-state index contributed by atoms with van der Waals surface area (Å²) in [5.74, 6) is 0.266. The molecule has 0 bridgehead atoms. The largest absolute Gasteiger partial charge is 0.361 e. The van der Waals surface area contributed by atoms with E-state index < -0.39 is 0 Å². The highest BCUT2D eigenvalue weighted by Gasteiger charge is 2.36. The molecule has 1 aromatic heterocycles. The van der Waals surface area contributed by atoms with Crippen molar-refractivity contribution < 1.29 is 4.79 Å². The maximum absolute atomic E-state index is 12.7. The molecule has 5 rings (SSSR count). The zero-order chi connectivity index (χ0) is 18.9. The third kappa shape index (κ3) is 3.58. The van der Waals surface area contributed by atoms with Gasteiger partial charge in [0.25, 0.3) is 0 Å². The SMILES string of the molecule is O=C(Cc1c[nH]c2ccccc12)N1CC(N2CCN(C3CCCCC3)CC2)C1. The summed E-state index contributed by atoms with van der Waals surface area (Å²) in [5.41, 5.74) is 2.23. The highest BCUT2D eigenvalue weighted by atomic mass is 16.2. The molecule has 1 aromatic carbocycles. The van der Waals surface area contributed by atoms with Gasteiger partial charge in [0.15, 0.2) is 0 Å². The Bertz CT molecular complexity index is 811. The van der Waals surface area contributed by atoms with Gasteiger partial charge in [0.2, 0.25) is 5.91 Å². The van der Waals surface area contributed by atoms with E-state index in [1.54, 1.807) is 0 Å². The van der Waals surface area contributed by atoms with E-state index in [0.717, 1.165) is 30.2 Å². The van der Waals surface area contributed by atoms with Gasteiger partial charge in [0.1, 0.15) is 0 Å². The number of aromatic nitrogens is 1. The van der Waals surface area contributed by atoms with Crippen molar-refractivity contribution in [3.05, 3.63) is 36.0 Å². The molecule has 0 atom stereocenters. The Morgan fingerprint density at radius 2 is 1.61 bits per heavy atom. The first kappa shape index (κ1) is 18.2. The van der Waals surface area contributed by atoms with Crippen molar-refractivity contribution in [3.8, 4) is 0 Å². The van der Waals surface area contributed by atoms with E-state index in [2.05, 4.69) is 26.9 Å². The van der Waals surface area contributed by atoms with Crippen LogP contribution in [0.5, 0.6) is 0 Å². The molecule has 2 aliphatic heterocycles. The van der Waals surface area contributed by atoms with Crippen LogP contribution in [0, 0.1) is 0 Å². The molecule has 1 aliphatic carbocycles. The number of para-hydroxylation sites is 1. The summed E-state index contributed by atoms with van der Waals surface area (Å²) in [4.78, 5) is 23.4. The molecule has 1 N–H and O–H groups in total. The summed E-state index contributed by atoms with van der Waals surface area (Å²) in [7, 11) is 0. The van der Waals surface area contributed by atoms with Crippen LogP contribution in [0.15, 0.2) is 30.5 Å². The van der Waals surface area contributed by atoms with Crippen LogP contribution in [-0.2, 0) is 11.2 Å². The molecule has 3 fully saturated rings. The zero-order valence-corrected chi connectivity index (χ0v) is 16.8. The number of rotatable bonds is 4. The van der Waals surface area contributed by atoms with Crippen molar-refractivity contribution >= 4 is 16.8 Å². The number of nitrogens with one attached hydrogen (secondary N) is 1. The van der Waals surface area contributed by atoms with Gasteiger partial charge < -0.3 is 9.88 Å². The minimum absolute atomic E-state index is 0.266. The number of piperazine rings is 1. The van der Waals surface area contributed by atoms with Gasteiger partial charge in [0.05, 0.1) is 6.42 Å². The number of nitrogens with zero attached hydrogens (tertiary/aromatic N) is 3. The highest BCUT2D eigenvalue weighted by Crippen LogP contribution is 2.25. The molecule has 2 saturated heterocycles. The van der Waals surface area contributed by atoms with E-state index in [-0.39, 0.29) is 5.91 Å². The topological polar surface area (TPSA) is 42.6 Å². The number of hydrogen-bond acceptors (Lipinski definition) is 3. The molecule has 5 nitrogen and oxygen atoms in total. The molecule has 2 aromatic rings. The lowest BCUT2D eigenvalue weighted by molar-refractivity contribution is -0.138. The van der Waals surface area contributed by atoms with Crippen LogP contribution < -0.4 is 0 Å². The lowest BCUT2D eigenvalue weighted by Gasteiger charge is -2.49. The van der Waals surface area contributed by atoms with Crippen molar-refractivity contribution in [2.75, 3.05) is 39.3 Å². The van der Waals surface area contributed by atoms with Gasteiger partial charge in [-0.3, -0.25) is 14.6 Å². The lowest BCUT2D eigenvalue weighted by atomic mass is 9.93. The highest BCUT2D eigenvalue weighted by molar-refractivity contribution is 5.89. The van der Waals surface area contributed by atoms with Gasteiger partial charge in [-0.1, -0.05) is 37.5 Å². The monoisotopic (exact) mass is 380 g/mol. The quantitative estimate of drug-likeness (QED) is 0.887. The predicted octanol–water partition coefficient (Wildman–Crippen LogP) is 2.87. The van der Waals surface area contributed by atoms with Gasteiger partial charge in [-0.05, 0) is 24.5 Å². The first-order valence-corrected chi connectivity index (χ1v) is 11.1. The van der Waals surface area contributed by atoms with Gasteiger partial charge in [-0.25, -0.2) is 0 Å². The fourth-order valence-electron chi connectivity index (χ4n) is 5.36. The van der Waals surface area contributed by atoms with Crippen LogP contribution in [0.25, 0.3) is 10.9 Å². The third-order valence-corrected chi connectivity index (χ3v) is 7.19. The number of amides is 1. The van der Waals surface area contributed by atoms with E-state index in [0.29, 0.717) is 12.5 Å². The van der Waals surface area contributed by atoms with Gasteiger partial charge >= 0.3 is 0 Å². The lowest BCUT2D eigenvalue weighted by Crippen LogP contribution is -2.65. The average Bonchev–Trinajstić information content (AvgIpc) is 3.11. The van der Waals surface area contributed by atoms with E-state index in [4.69, 9.17) is 0 Å². The Labute approximate surface area is 167 Å². The molecule has 0 radical (unpaired) electrons. The second-order valence-electron chi connectivity index (χ2n) is 8.85. The van der Waals surface area contributed by atoms with E-state index in [1.807, 2.05) is 23.2 Å². The summed E-state index contributed by atoms with van der Waals surface area (Å²) in [6.45, 7) is 6.58. The van der Waals surface area contributed by atoms with Crippen LogP contribution in [0.3, 0.4) is 0 Å². The molecule has 1 saturated carbocycles. The van der Waals surface area contributed by atoms with E-state index in [9.17, 15) is 4.79 Å². The van der Waals surface area contributed by atoms with Crippen molar-refractivity contribution in [2.45, 2.75) is 50.6 Å². The number of benzene rings is 1. The number of aromatic amines is 1. The minimum Gasteiger partial charge on any atom is -0.361 e. The third-order valence-electron chi connectivity index (χ3n) is 7.19. The van der Waals surface area contributed by atoms with Gasteiger partial charge in [-0.15, -0.1) is 0 Å². The maximum atomic E-state index is 12.7. The first-order chi connectivity index (χ1) is 13.8. The Kier molecular flexibility index (Phi) is 5.12. The summed E-state index contributed by atoms with van der Waals surface area (Å²) >= 11 is 0. The summed E-state index contributed by atoms with van der Waals surface area (Å²) in [5, 5.41) is 1.17. The average molecular weight is 381 g/mol. The number of likely N-dealkylation sites (tertiary alicyclic amines) is 1. The van der Waals surface area contributed by atoms with Crippen LogP contribution in [0.2, 0.25) is 0 Å². The summed E-state index contributed by atoms with van der Waals surface area (Å²) in [6, 6.07) is 9.64.